The predicted octanol–water partition coefficient (Wildman–Crippen LogP) is 2.48. The zero-order valence-electron chi connectivity index (χ0n) is 15.9. The Labute approximate surface area is 169 Å². The highest BCUT2D eigenvalue weighted by Crippen LogP contribution is 2.21. The van der Waals surface area contributed by atoms with Gasteiger partial charge in [-0.3, -0.25) is 4.79 Å². The summed E-state index contributed by atoms with van der Waals surface area (Å²) in [5.74, 6) is -0.216. The smallest absolute Gasteiger partial charge is 0.240 e. The summed E-state index contributed by atoms with van der Waals surface area (Å²) in [7, 11) is -2.99. The Balaban J connectivity index is 1.60. The summed E-state index contributed by atoms with van der Waals surface area (Å²) >= 11 is 6.42. The highest BCUT2D eigenvalue weighted by atomic mass is 35.5. The molecule has 7 nitrogen and oxygen atoms in total. The molecule has 0 saturated carbocycles. The van der Waals surface area contributed by atoms with Crippen LogP contribution in [0.1, 0.15) is 35.2 Å². The predicted molar refractivity (Wildman–Crippen MR) is 109 cm³/mol. The van der Waals surface area contributed by atoms with E-state index >= 15 is 0 Å². The minimum absolute atomic E-state index is 0.0703. The standard InChI is InChI=1S/C19H23ClN4O3S/c1-13-3-5-15(6-4-13)11-24-19(20)17(14(2)23-24)10-21-22-18(25)9-16-7-8-28(26,27)12-16/h3-6,10,16H,7-9,11-12H2,1-2H3,(H,22,25)/b21-10-/t16-/m1/s1. The molecule has 1 saturated heterocycles. The monoisotopic (exact) mass is 422 g/mol. The zero-order valence-corrected chi connectivity index (χ0v) is 17.4. The molecule has 1 N–H and O–H groups in total. The molecule has 1 aromatic heterocycles. The molecule has 0 radical (unpaired) electrons. The summed E-state index contributed by atoms with van der Waals surface area (Å²) < 4.78 is 24.6. The second-order valence-electron chi connectivity index (χ2n) is 7.20. The maximum absolute atomic E-state index is 12.0. The molecule has 0 unspecified atom stereocenters. The van der Waals surface area contributed by atoms with E-state index in [2.05, 4.69) is 15.6 Å². The summed E-state index contributed by atoms with van der Waals surface area (Å²) in [6.45, 7) is 4.39. The molecule has 0 bridgehead atoms. The van der Waals surface area contributed by atoms with Crippen LogP contribution in [0.15, 0.2) is 29.4 Å². The molecular formula is C19H23ClN4O3S. The molecular weight excluding hydrogens is 400 g/mol. The first kappa shape index (κ1) is 20.5. The summed E-state index contributed by atoms with van der Waals surface area (Å²) in [5, 5.41) is 8.84. The van der Waals surface area contributed by atoms with Gasteiger partial charge in [-0.2, -0.15) is 10.2 Å². The molecule has 1 aromatic carbocycles. The first-order chi connectivity index (χ1) is 13.2. The SMILES string of the molecule is Cc1ccc(Cn2nc(C)c(/C=N\NC(=O)C[C@H]3CCS(=O)(=O)C3)c2Cl)cc1. The Morgan fingerprint density at radius 3 is 2.71 bits per heavy atom. The highest BCUT2D eigenvalue weighted by Gasteiger charge is 2.29. The van der Waals surface area contributed by atoms with Gasteiger partial charge in [-0.15, -0.1) is 0 Å². The van der Waals surface area contributed by atoms with Crippen LogP contribution in [-0.2, 0) is 21.2 Å². The van der Waals surface area contributed by atoms with Crippen molar-refractivity contribution in [2.45, 2.75) is 33.2 Å². The number of nitrogens with zero attached hydrogens (tertiary/aromatic N) is 3. The van der Waals surface area contributed by atoms with Gasteiger partial charge in [0.2, 0.25) is 5.91 Å². The Morgan fingerprint density at radius 1 is 1.36 bits per heavy atom. The lowest BCUT2D eigenvalue weighted by molar-refractivity contribution is -0.121. The van der Waals surface area contributed by atoms with Crippen LogP contribution in [0, 0.1) is 19.8 Å². The van der Waals surface area contributed by atoms with E-state index in [0.29, 0.717) is 29.4 Å². The molecule has 28 heavy (non-hydrogen) atoms. The fourth-order valence-electron chi connectivity index (χ4n) is 3.19. The van der Waals surface area contributed by atoms with Crippen LogP contribution >= 0.6 is 11.6 Å². The zero-order chi connectivity index (χ0) is 20.3. The van der Waals surface area contributed by atoms with Gasteiger partial charge in [-0.25, -0.2) is 18.5 Å². The summed E-state index contributed by atoms with van der Waals surface area (Å²) in [5.41, 5.74) is 6.05. The van der Waals surface area contributed by atoms with Gasteiger partial charge in [0.25, 0.3) is 0 Å². The summed E-state index contributed by atoms with van der Waals surface area (Å²) in [6.07, 6.45) is 2.14. The minimum Gasteiger partial charge on any atom is -0.273 e. The molecule has 1 atom stereocenters. The van der Waals surface area contributed by atoms with Gasteiger partial charge in [-0.05, 0) is 31.7 Å². The van der Waals surface area contributed by atoms with E-state index in [-0.39, 0.29) is 29.8 Å². The average molecular weight is 423 g/mol. The lowest BCUT2D eigenvalue weighted by Crippen LogP contribution is -2.21. The Bertz CT molecular complexity index is 997. The summed E-state index contributed by atoms with van der Waals surface area (Å²) in [6, 6.07) is 8.12. The van der Waals surface area contributed by atoms with E-state index in [9.17, 15) is 13.2 Å². The van der Waals surface area contributed by atoms with Crippen molar-refractivity contribution >= 4 is 33.6 Å². The molecule has 1 aliphatic heterocycles. The summed E-state index contributed by atoms with van der Waals surface area (Å²) in [4.78, 5) is 12.0. The van der Waals surface area contributed by atoms with Gasteiger partial charge in [0.15, 0.2) is 9.84 Å². The van der Waals surface area contributed by atoms with E-state index in [1.807, 2.05) is 38.1 Å². The lowest BCUT2D eigenvalue weighted by atomic mass is 10.1. The van der Waals surface area contributed by atoms with Gasteiger partial charge in [0, 0.05) is 6.42 Å². The Morgan fingerprint density at radius 2 is 2.07 bits per heavy atom. The molecule has 2 heterocycles. The van der Waals surface area contributed by atoms with Gasteiger partial charge in [0.05, 0.1) is 35.5 Å². The van der Waals surface area contributed by atoms with E-state index in [1.54, 1.807) is 4.68 Å². The molecule has 1 fully saturated rings. The fraction of sp³-hybridized carbons (Fsp3) is 0.421. The minimum atomic E-state index is -2.99. The number of nitrogens with one attached hydrogen (secondary N) is 1. The van der Waals surface area contributed by atoms with Crippen molar-refractivity contribution < 1.29 is 13.2 Å². The largest absolute Gasteiger partial charge is 0.273 e. The molecule has 150 valence electrons. The Hall–Kier alpha value is -2.19. The van der Waals surface area contributed by atoms with E-state index < -0.39 is 9.84 Å². The van der Waals surface area contributed by atoms with Crippen molar-refractivity contribution in [3.05, 3.63) is 51.8 Å². The lowest BCUT2D eigenvalue weighted by Gasteiger charge is -2.05. The van der Waals surface area contributed by atoms with Crippen molar-refractivity contribution in [3.8, 4) is 0 Å². The van der Waals surface area contributed by atoms with Gasteiger partial charge < -0.3 is 0 Å². The van der Waals surface area contributed by atoms with Gasteiger partial charge in [-0.1, -0.05) is 41.4 Å². The van der Waals surface area contributed by atoms with E-state index in [4.69, 9.17) is 11.6 Å². The molecule has 1 aliphatic rings. The van der Waals surface area contributed by atoms with Crippen LogP contribution in [0.2, 0.25) is 5.15 Å². The number of aromatic nitrogens is 2. The first-order valence-electron chi connectivity index (χ1n) is 9.04. The number of rotatable bonds is 6. The van der Waals surface area contributed by atoms with Crippen LogP contribution in [0.25, 0.3) is 0 Å². The highest BCUT2D eigenvalue weighted by molar-refractivity contribution is 7.91. The van der Waals surface area contributed by atoms with Crippen molar-refractivity contribution in [1.82, 2.24) is 15.2 Å². The quantitative estimate of drug-likeness (QED) is 0.571. The molecule has 2 aromatic rings. The number of halogens is 1. The number of hydrogen-bond donors (Lipinski definition) is 1. The number of benzene rings is 1. The maximum atomic E-state index is 12.0. The maximum Gasteiger partial charge on any atom is 0.240 e. The van der Waals surface area contributed by atoms with Crippen LogP contribution < -0.4 is 5.43 Å². The second kappa shape index (κ2) is 8.45. The number of hydrazone groups is 1. The van der Waals surface area contributed by atoms with Crippen LogP contribution in [0.3, 0.4) is 0 Å². The second-order valence-corrected chi connectivity index (χ2v) is 9.79. The molecule has 1 amide bonds. The average Bonchev–Trinajstić information content (AvgIpc) is 3.09. The van der Waals surface area contributed by atoms with E-state index in [1.165, 1.54) is 11.8 Å². The number of carbonyl (C=O) groups is 1. The van der Waals surface area contributed by atoms with Gasteiger partial charge >= 0.3 is 0 Å². The number of carbonyl (C=O) groups excluding carboxylic acids is 1. The molecule has 0 spiro atoms. The number of aryl methyl sites for hydroxylation is 2. The van der Waals surface area contributed by atoms with Crippen LogP contribution in [0.5, 0.6) is 0 Å². The van der Waals surface area contributed by atoms with Crippen molar-refractivity contribution in [3.63, 3.8) is 0 Å². The van der Waals surface area contributed by atoms with Crippen LogP contribution in [-0.4, -0.2) is 41.8 Å². The third-order valence-corrected chi connectivity index (χ3v) is 6.98. The normalized spacial score (nSPS) is 18.6. The third-order valence-electron chi connectivity index (χ3n) is 4.75. The number of amides is 1. The van der Waals surface area contributed by atoms with Crippen molar-refractivity contribution in [2.75, 3.05) is 11.5 Å². The molecule has 0 aliphatic carbocycles. The van der Waals surface area contributed by atoms with Gasteiger partial charge in [0.1, 0.15) is 5.15 Å². The van der Waals surface area contributed by atoms with Crippen molar-refractivity contribution in [1.29, 1.82) is 0 Å². The van der Waals surface area contributed by atoms with E-state index in [0.717, 1.165) is 5.56 Å². The third kappa shape index (κ3) is 5.20. The van der Waals surface area contributed by atoms with Crippen LogP contribution in [0.4, 0.5) is 0 Å². The number of hydrogen-bond acceptors (Lipinski definition) is 5. The fourth-order valence-corrected chi connectivity index (χ4v) is 5.34. The number of sulfone groups is 1. The Kier molecular flexibility index (Phi) is 6.20. The van der Waals surface area contributed by atoms with Crippen molar-refractivity contribution in [2.24, 2.45) is 11.0 Å². The topological polar surface area (TPSA) is 93.4 Å². The first-order valence-corrected chi connectivity index (χ1v) is 11.2. The molecule has 9 heteroatoms. The molecule has 3 rings (SSSR count).